The number of hydrogen-bond acceptors (Lipinski definition) is 3. The summed E-state index contributed by atoms with van der Waals surface area (Å²) in [5, 5.41) is 7.42. The predicted molar refractivity (Wildman–Crippen MR) is 81.9 cm³/mol. The number of nitrogens with two attached hydrogens (primary N) is 1. The van der Waals surface area contributed by atoms with Gasteiger partial charge in [0.15, 0.2) is 0 Å². The van der Waals surface area contributed by atoms with E-state index in [0.29, 0.717) is 17.9 Å². The maximum atomic E-state index is 13.0. The maximum Gasteiger partial charge on any atom is 0.125 e. The Morgan fingerprint density at radius 3 is 2.71 bits per heavy atom. The van der Waals surface area contributed by atoms with Crippen LogP contribution in [-0.2, 0) is 6.54 Å². The van der Waals surface area contributed by atoms with Crippen molar-refractivity contribution in [3.63, 3.8) is 0 Å². The average Bonchev–Trinajstić information content (AvgIpc) is 2.90. The normalized spacial score (nSPS) is 10.5. The SMILES string of the molecule is Nc1cc(F)ccc1Nc1cnn(Cc2ccccc2)c1. The molecule has 3 aromatic rings. The number of anilines is 3. The Morgan fingerprint density at radius 1 is 1.14 bits per heavy atom. The van der Waals surface area contributed by atoms with E-state index in [9.17, 15) is 4.39 Å². The summed E-state index contributed by atoms with van der Waals surface area (Å²) in [5.41, 5.74) is 8.78. The lowest BCUT2D eigenvalue weighted by Gasteiger charge is -2.06. The fraction of sp³-hybridized carbons (Fsp3) is 0.0625. The average molecular weight is 282 g/mol. The van der Waals surface area contributed by atoms with Crippen molar-refractivity contribution in [1.29, 1.82) is 0 Å². The molecule has 0 saturated carbocycles. The predicted octanol–water partition coefficient (Wildman–Crippen LogP) is 3.40. The second-order valence-electron chi connectivity index (χ2n) is 4.77. The van der Waals surface area contributed by atoms with Crippen molar-refractivity contribution in [3.8, 4) is 0 Å². The summed E-state index contributed by atoms with van der Waals surface area (Å²) in [6, 6.07) is 14.3. The highest BCUT2D eigenvalue weighted by Crippen LogP contribution is 2.23. The van der Waals surface area contributed by atoms with Gasteiger partial charge in [-0.05, 0) is 23.8 Å². The van der Waals surface area contributed by atoms with Crippen LogP contribution in [-0.4, -0.2) is 9.78 Å². The molecule has 0 radical (unpaired) electrons. The van der Waals surface area contributed by atoms with Gasteiger partial charge in [0.05, 0.1) is 29.8 Å². The largest absolute Gasteiger partial charge is 0.397 e. The van der Waals surface area contributed by atoms with Gasteiger partial charge in [-0.1, -0.05) is 30.3 Å². The molecule has 1 aromatic heterocycles. The number of nitrogen functional groups attached to an aromatic ring is 1. The number of halogens is 1. The van der Waals surface area contributed by atoms with Crippen molar-refractivity contribution in [1.82, 2.24) is 9.78 Å². The second-order valence-corrected chi connectivity index (χ2v) is 4.77. The van der Waals surface area contributed by atoms with E-state index >= 15 is 0 Å². The molecule has 5 heteroatoms. The second kappa shape index (κ2) is 5.66. The molecule has 0 unspecified atom stereocenters. The van der Waals surface area contributed by atoms with E-state index in [1.54, 1.807) is 12.3 Å². The van der Waals surface area contributed by atoms with Crippen LogP contribution in [0.25, 0.3) is 0 Å². The standard InChI is InChI=1S/C16H15FN4/c17-13-6-7-16(15(18)8-13)20-14-9-19-21(11-14)10-12-4-2-1-3-5-12/h1-9,11,20H,10,18H2. The summed E-state index contributed by atoms with van der Waals surface area (Å²) in [6.45, 7) is 0.696. The van der Waals surface area contributed by atoms with Crippen LogP contribution in [0.2, 0.25) is 0 Å². The highest BCUT2D eigenvalue weighted by molar-refractivity contribution is 5.71. The number of rotatable bonds is 4. The van der Waals surface area contributed by atoms with Crippen molar-refractivity contribution in [3.05, 3.63) is 72.3 Å². The topological polar surface area (TPSA) is 55.9 Å². The Balaban J connectivity index is 1.73. The molecule has 106 valence electrons. The van der Waals surface area contributed by atoms with Gasteiger partial charge < -0.3 is 11.1 Å². The molecule has 0 saturated heterocycles. The zero-order valence-electron chi connectivity index (χ0n) is 11.3. The van der Waals surface area contributed by atoms with Gasteiger partial charge >= 0.3 is 0 Å². The van der Waals surface area contributed by atoms with Gasteiger partial charge in [-0.15, -0.1) is 0 Å². The van der Waals surface area contributed by atoms with E-state index in [2.05, 4.69) is 10.4 Å². The van der Waals surface area contributed by atoms with Crippen molar-refractivity contribution < 1.29 is 4.39 Å². The van der Waals surface area contributed by atoms with Crippen LogP contribution in [0.3, 0.4) is 0 Å². The lowest BCUT2D eigenvalue weighted by molar-refractivity contribution is 0.628. The van der Waals surface area contributed by atoms with Crippen LogP contribution in [0.5, 0.6) is 0 Å². The molecule has 0 aliphatic heterocycles. The minimum atomic E-state index is -0.349. The first-order valence-electron chi connectivity index (χ1n) is 6.59. The summed E-state index contributed by atoms with van der Waals surface area (Å²) in [7, 11) is 0. The van der Waals surface area contributed by atoms with Gasteiger partial charge in [0, 0.05) is 6.20 Å². The molecule has 0 fully saturated rings. The molecule has 3 N–H and O–H groups in total. The quantitative estimate of drug-likeness (QED) is 0.721. The van der Waals surface area contributed by atoms with E-state index < -0.39 is 0 Å². The Labute approximate surface area is 122 Å². The van der Waals surface area contributed by atoms with Crippen molar-refractivity contribution in [2.75, 3.05) is 11.1 Å². The van der Waals surface area contributed by atoms with Crippen LogP contribution in [0, 0.1) is 5.82 Å². The monoisotopic (exact) mass is 282 g/mol. The summed E-state index contributed by atoms with van der Waals surface area (Å²) >= 11 is 0. The molecule has 0 aliphatic carbocycles. The van der Waals surface area contributed by atoms with Crippen molar-refractivity contribution in [2.45, 2.75) is 6.54 Å². The molecule has 0 atom stereocenters. The molecule has 0 amide bonds. The van der Waals surface area contributed by atoms with E-state index in [1.165, 1.54) is 17.7 Å². The van der Waals surface area contributed by atoms with Crippen molar-refractivity contribution in [2.24, 2.45) is 0 Å². The number of benzene rings is 2. The Bertz CT molecular complexity index is 737. The minimum Gasteiger partial charge on any atom is -0.397 e. The van der Waals surface area contributed by atoms with Gasteiger partial charge in [0.2, 0.25) is 0 Å². The zero-order valence-corrected chi connectivity index (χ0v) is 11.3. The van der Waals surface area contributed by atoms with Gasteiger partial charge in [-0.2, -0.15) is 5.10 Å². The van der Waals surface area contributed by atoms with Crippen LogP contribution in [0.1, 0.15) is 5.56 Å². The molecule has 4 nitrogen and oxygen atoms in total. The number of nitrogens with zero attached hydrogens (tertiary/aromatic N) is 2. The molecule has 21 heavy (non-hydrogen) atoms. The smallest absolute Gasteiger partial charge is 0.125 e. The van der Waals surface area contributed by atoms with Crippen molar-refractivity contribution >= 4 is 17.1 Å². The van der Waals surface area contributed by atoms with Gasteiger partial charge in [-0.25, -0.2) is 4.39 Å². The molecular weight excluding hydrogens is 267 g/mol. The van der Waals surface area contributed by atoms with Crippen LogP contribution in [0.15, 0.2) is 60.9 Å². The van der Waals surface area contributed by atoms with E-state index in [1.807, 2.05) is 41.2 Å². The molecular formula is C16H15FN4. The first-order chi connectivity index (χ1) is 10.2. The molecule has 2 aromatic carbocycles. The number of hydrogen-bond donors (Lipinski definition) is 2. The lowest BCUT2D eigenvalue weighted by Crippen LogP contribution is -1.99. The number of nitrogens with one attached hydrogen (secondary N) is 1. The first-order valence-corrected chi connectivity index (χ1v) is 6.59. The Hall–Kier alpha value is -2.82. The summed E-state index contributed by atoms with van der Waals surface area (Å²) in [4.78, 5) is 0. The van der Waals surface area contributed by atoms with Crippen LogP contribution in [0.4, 0.5) is 21.5 Å². The third kappa shape index (κ3) is 3.20. The highest BCUT2D eigenvalue weighted by atomic mass is 19.1. The summed E-state index contributed by atoms with van der Waals surface area (Å²) in [6.07, 6.45) is 3.60. The third-order valence-corrected chi connectivity index (χ3v) is 3.11. The fourth-order valence-electron chi connectivity index (χ4n) is 2.09. The fourth-order valence-corrected chi connectivity index (χ4v) is 2.09. The van der Waals surface area contributed by atoms with Gasteiger partial charge in [-0.3, -0.25) is 4.68 Å². The molecule has 1 heterocycles. The maximum absolute atomic E-state index is 13.0. The van der Waals surface area contributed by atoms with Gasteiger partial charge in [0.1, 0.15) is 5.82 Å². The van der Waals surface area contributed by atoms with E-state index in [-0.39, 0.29) is 5.82 Å². The molecule has 0 bridgehead atoms. The van der Waals surface area contributed by atoms with Crippen LogP contribution < -0.4 is 11.1 Å². The van der Waals surface area contributed by atoms with E-state index in [4.69, 9.17) is 5.73 Å². The zero-order chi connectivity index (χ0) is 14.7. The van der Waals surface area contributed by atoms with Gasteiger partial charge in [0.25, 0.3) is 0 Å². The third-order valence-electron chi connectivity index (χ3n) is 3.11. The number of aromatic nitrogens is 2. The van der Waals surface area contributed by atoms with E-state index in [0.717, 1.165) is 5.69 Å². The molecule has 0 aliphatic rings. The minimum absolute atomic E-state index is 0.349. The Morgan fingerprint density at radius 2 is 1.95 bits per heavy atom. The van der Waals surface area contributed by atoms with Crippen LogP contribution >= 0.6 is 0 Å². The molecule has 0 spiro atoms. The highest BCUT2D eigenvalue weighted by Gasteiger charge is 2.04. The summed E-state index contributed by atoms with van der Waals surface area (Å²) < 4.78 is 14.8. The molecule has 3 rings (SSSR count). The first kappa shape index (κ1) is 13.2. The lowest BCUT2D eigenvalue weighted by atomic mass is 10.2. The Kier molecular flexibility index (Phi) is 3.55. The summed E-state index contributed by atoms with van der Waals surface area (Å²) in [5.74, 6) is -0.349.